The second kappa shape index (κ2) is 4.23. The molecular weight excluding hydrogens is 217 g/mol. The van der Waals surface area contributed by atoms with Gasteiger partial charge < -0.3 is 4.57 Å². The minimum absolute atomic E-state index is 0.679. The zero-order chi connectivity index (χ0) is 11.6. The highest BCUT2D eigenvalue weighted by Crippen LogP contribution is 2.37. The zero-order valence-electron chi connectivity index (χ0n) is 9.42. The van der Waals surface area contributed by atoms with Crippen LogP contribution < -0.4 is 10.7 Å². The third-order valence-electron chi connectivity index (χ3n) is 2.56. The van der Waals surface area contributed by atoms with Gasteiger partial charge in [-0.05, 0) is 25.7 Å². The Hall–Kier alpha value is -1.40. The lowest BCUT2D eigenvalue weighted by atomic mass is 10.4. The summed E-state index contributed by atoms with van der Waals surface area (Å²) >= 11 is 0. The van der Waals surface area contributed by atoms with Crippen molar-refractivity contribution in [2.24, 2.45) is 0 Å². The SMILES string of the molecule is Cc1cccc(P(C)(=O)c2ccccc2)n1. The van der Waals surface area contributed by atoms with Gasteiger partial charge in [-0.2, -0.15) is 0 Å². The monoisotopic (exact) mass is 231 g/mol. The van der Waals surface area contributed by atoms with E-state index in [4.69, 9.17) is 0 Å². The summed E-state index contributed by atoms with van der Waals surface area (Å²) < 4.78 is 12.7. The van der Waals surface area contributed by atoms with Crippen LogP contribution in [0.4, 0.5) is 0 Å². The van der Waals surface area contributed by atoms with Crippen molar-refractivity contribution in [3.8, 4) is 0 Å². The molecule has 0 spiro atoms. The molecular formula is C13H14NOP. The molecule has 82 valence electrons. The van der Waals surface area contributed by atoms with Gasteiger partial charge in [-0.1, -0.05) is 36.4 Å². The Morgan fingerprint density at radius 1 is 1.00 bits per heavy atom. The van der Waals surface area contributed by atoms with Crippen LogP contribution in [0.25, 0.3) is 0 Å². The largest absolute Gasteiger partial charge is 0.312 e. The highest BCUT2D eigenvalue weighted by atomic mass is 31.2. The smallest absolute Gasteiger partial charge is 0.157 e. The Morgan fingerprint density at radius 3 is 2.31 bits per heavy atom. The van der Waals surface area contributed by atoms with Gasteiger partial charge in [-0.25, -0.2) is 4.98 Å². The number of rotatable bonds is 2. The normalized spacial score (nSPS) is 14.4. The summed E-state index contributed by atoms with van der Waals surface area (Å²) in [4.78, 5) is 4.36. The molecule has 1 aromatic carbocycles. The van der Waals surface area contributed by atoms with Crippen LogP contribution in [0.3, 0.4) is 0 Å². The summed E-state index contributed by atoms with van der Waals surface area (Å²) in [6, 6.07) is 15.2. The average Bonchev–Trinajstić information content (AvgIpc) is 2.30. The second-order valence-corrected chi connectivity index (χ2v) is 6.72. The molecule has 0 bridgehead atoms. The van der Waals surface area contributed by atoms with E-state index in [-0.39, 0.29) is 0 Å². The van der Waals surface area contributed by atoms with Gasteiger partial charge in [-0.3, -0.25) is 0 Å². The van der Waals surface area contributed by atoms with Crippen molar-refractivity contribution in [3.05, 3.63) is 54.2 Å². The lowest BCUT2D eigenvalue weighted by Gasteiger charge is -2.12. The number of aryl methyl sites for hydroxylation is 1. The van der Waals surface area contributed by atoms with Crippen molar-refractivity contribution in [2.45, 2.75) is 6.92 Å². The standard InChI is InChI=1S/C13H14NOP/c1-11-7-6-10-13(14-11)16(2,15)12-8-4-3-5-9-12/h3-10H,1-2H3. The van der Waals surface area contributed by atoms with Crippen LogP contribution in [0.1, 0.15) is 5.69 Å². The summed E-state index contributed by atoms with van der Waals surface area (Å²) in [5.41, 5.74) is 1.58. The molecule has 0 saturated carbocycles. The Balaban J connectivity index is 2.51. The van der Waals surface area contributed by atoms with Gasteiger partial charge >= 0.3 is 0 Å². The fraction of sp³-hybridized carbons (Fsp3) is 0.154. The summed E-state index contributed by atoms with van der Waals surface area (Å²) in [7, 11) is -2.54. The maximum absolute atomic E-state index is 12.7. The highest BCUT2D eigenvalue weighted by molar-refractivity contribution is 7.77. The lowest BCUT2D eigenvalue weighted by molar-refractivity contribution is 0.590. The molecule has 0 N–H and O–H groups in total. The minimum Gasteiger partial charge on any atom is -0.312 e. The van der Waals surface area contributed by atoms with Gasteiger partial charge in [-0.15, -0.1) is 0 Å². The number of hydrogen-bond acceptors (Lipinski definition) is 2. The first-order valence-corrected chi connectivity index (χ1v) is 7.33. The molecule has 16 heavy (non-hydrogen) atoms. The summed E-state index contributed by atoms with van der Waals surface area (Å²) in [6.07, 6.45) is 0. The summed E-state index contributed by atoms with van der Waals surface area (Å²) in [5.74, 6) is 0. The van der Waals surface area contributed by atoms with E-state index in [0.717, 1.165) is 11.0 Å². The van der Waals surface area contributed by atoms with E-state index in [9.17, 15) is 4.57 Å². The quantitative estimate of drug-likeness (QED) is 0.742. The van der Waals surface area contributed by atoms with Crippen molar-refractivity contribution in [3.63, 3.8) is 0 Å². The van der Waals surface area contributed by atoms with Gasteiger partial charge in [0.15, 0.2) is 7.14 Å². The van der Waals surface area contributed by atoms with Gasteiger partial charge in [0.2, 0.25) is 0 Å². The number of aromatic nitrogens is 1. The number of pyridine rings is 1. The Labute approximate surface area is 95.7 Å². The van der Waals surface area contributed by atoms with Crippen molar-refractivity contribution >= 4 is 17.9 Å². The fourth-order valence-electron chi connectivity index (χ4n) is 1.61. The molecule has 2 nitrogen and oxygen atoms in total. The molecule has 0 aliphatic rings. The van der Waals surface area contributed by atoms with E-state index < -0.39 is 7.14 Å². The van der Waals surface area contributed by atoms with Gasteiger partial charge in [0, 0.05) is 11.0 Å². The predicted octanol–water partition coefficient (Wildman–Crippen LogP) is 2.33. The highest BCUT2D eigenvalue weighted by Gasteiger charge is 2.21. The van der Waals surface area contributed by atoms with E-state index in [1.54, 1.807) is 6.66 Å². The number of hydrogen-bond donors (Lipinski definition) is 0. The molecule has 1 unspecified atom stereocenters. The molecule has 1 heterocycles. The minimum atomic E-state index is -2.54. The van der Waals surface area contributed by atoms with Crippen molar-refractivity contribution in [2.75, 3.05) is 6.66 Å². The van der Waals surface area contributed by atoms with Crippen LogP contribution in [0.15, 0.2) is 48.5 Å². The average molecular weight is 231 g/mol. The van der Waals surface area contributed by atoms with Crippen LogP contribution in [0.2, 0.25) is 0 Å². The van der Waals surface area contributed by atoms with E-state index in [0.29, 0.717) is 5.44 Å². The van der Waals surface area contributed by atoms with Crippen LogP contribution in [0, 0.1) is 6.92 Å². The number of benzene rings is 1. The van der Waals surface area contributed by atoms with E-state index in [1.807, 2.05) is 55.5 Å². The van der Waals surface area contributed by atoms with Crippen LogP contribution >= 0.6 is 7.14 Å². The molecule has 0 radical (unpaired) electrons. The first-order chi connectivity index (χ1) is 7.60. The third kappa shape index (κ3) is 2.07. The Bertz CT molecular complexity index is 537. The van der Waals surface area contributed by atoms with E-state index in [2.05, 4.69) is 4.98 Å². The summed E-state index contributed by atoms with van der Waals surface area (Å²) in [5, 5.41) is 0.855. The maximum atomic E-state index is 12.7. The molecule has 1 aromatic heterocycles. The maximum Gasteiger partial charge on any atom is 0.157 e. The summed E-state index contributed by atoms with van der Waals surface area (Å²) in [6.45, 7) is 3.68. The van der Waals surface area contributed by atoms with Crippen LogP contribution in [-0.2, 0) is 4.57 Å². The van der Waals surface area contributed by atoms with Crippen molar-refractivity contribution in [1.82, 2.24) is 4.98 Å². The first-order valence-electron chi connectivity index (χ1n) is 5.18. The second-order valence-electron chi connectivity index (χ2n) is 3.90. The lowest BCUT2D eigenvalue weighted by Crippen LogP contribution is -2.18. The molecule has 0 saturated heterocycles. The topological polar surface area (TPSA) is 30.0 Å². The van der Waals surface area contributed by atoms with Gasteiger partial charge in [0.1, 0.15) is 5.44 Å². The van der Waals surface area contributed by atoms with Crippen LogP contribution in [-0.4, -0.2) is 11.6 Å². The molecule has 3 heteroatoms. The van der Waals surface area contributed by atoms with Crippen molar-refractivity contribution in [1.29, 1.82) is 0 Å². The van der Waals surface area contributed by atoms with Crippen LogP contribution in [0.5, 0.6) is 0 Å². The molecule has 0 aliphatic carbocycles. The van der Waals surface area contributed by atoms with E-state index >= 15 is 0 Å². The molecule has 0 amide bonds. The Morgan fingerprint density at radius 2 is 1.69 bits per heavy atom. The Kier molecular flexibility index (Phi) is 2.93. The molecule has 2 rings (SSSR count). The zero-order valence-corrected chi connectivity index (χ0v) is 10.3. The number of nitrogens with zero attached hydrogens (tertiary/aromatic N) is 1. The molecule has 2 aromatic rings. The van der Waals surface area contributed by atoms with Gasteiger partial charge in [0.05, 0.1) is 0 Å². The fourth-order valence-corrected chi connectivity index (χ4v) is 3.34. The molecule has 1 atom stereocenters. The molecule has 0 aliphatic heterocycles. The van der Waals surface area contributed by atoms with E-state index in [1.165, 1.54) is 0 Å². The van der Waals surface area contributed by atoms with Crippen molar-refractivity contribution < 1.29 is 4.57 Å². The van der Waals surface area contributed by atoms with Gasteiger partial charge in [0.25, 0.3) is 0 Å². The first kappa shape index (κ1) is 11.1. The predicted molar refractivity (Wildman–Crippen MR) is 68.2 cm³/mol. The molecule has 0 fully saturated rings. The third-order valence-corrected chi connectivity index (χ3v) is 4.97.